The van der Waals surface area contributed by atoms with Crippen LogP contribution in [0, 0.1) is 12.8 Å². The van der Waals surface area contributed by atoms with Crippen molar-refractivity contribution in [2.45, 2.75) is 25.3 Å². The molecule has 1 aliphatic heterocycles. The molecule has 0 aromatic heterocycles. The second kappa shape index (κ2) is 7.88. The Hall–Kier alpha value is -3.66. The van der Waals surface area contributed by atoms with E-state index in [1.165, 1.54) is 22.4 Å². The smallest absolute Gasteiger partial charge is 0.335 e. The number of fused-ring (bicyclic) bond motifs is 3. The van der Waals surface area contributed by atoms with Crippen molar-refractivity contribution in [2.24, 2.45) is 10.9 Å². The van der Waals surface area contributed by atoms with Gasteiger partial charge in [0.25, 0.3) is 0 Å². The number of nitrogens with one attached hydrogen (secondary N) is 1. The van der Waals surface area contributed by atoms with Crippen molar-refractivity contribution in [1.82, 2.24) is 0 Å². The van der Waals surface area contributed by atoms with E-state index in [4.69, 9.17) is 5.11 Å². The molecule has 2 aliphatic rings. The maximum absolute atomic E-state index is 11.0. The van der Waals surface area contributed by atoms with Crippen LogP contribution in [0.4, 0.5) is 11.4 Å². The average molecular weight is 409 g/mol. The normalized spacial score (nSPS) is 21.5. The molecule has 154 valence electrons. The molecule has 3 aromatic carbocycles. The van der Waals surface area contributed by atoms with Gasteiger partial charge in [0.1, 0.15) is 0 Å². The van der Waals surface area contributed by atoms with Crippen LogP contribution >= 0.6 is 0 Å². The molecule has 0 saturated carbocycles. The van der Waals surface area contributed by atoms with Gasteiger partial charge >= 0.3 is 5.97 Å². The van der Waals surface area contributed by atoms with Gasteiger partial charge in [0.05, 0.1) is 17.3 Å². The highest BCUT2D eigenvalue weighted by Gasteiger charge is 2.37. The lowest BCUT2D eigenvalue weighted by atomic mass is 9.76. The van der Waals surface area contributed by atoms with E-state index in [2.05, 4.69) is 59.7 Å². The number of nitrogens with zero attached hydrogens (tertiary/aromatic N) is 1. The molecule has 2 N–H and O–H groups in total. The Kier molecular flexibility index (Phi) is 4.91. The average Bonchev–Trinajstić information content (AvgIpc) is 3.28. The zero-order valence-corrected chi connectivity index (χ0v) is 17.3. The highest BCUT2D eigenvalue weighted by Crippen LogP contribution is 2.49. The minimum absolute atomic E-state index is 0.275. The van der Waals surface area contributed by atoms with Crippen LogP contribution in [0.25, 0.3) is 0 Å². The summed E-state index contributed by atoms with van der Waals surface area (Å²) in [5, 5.41) is 12.8. The molecule has 0 amide bonds. The van der Waals surface area contributed by atoms with Crippen molar-refractivity contribution in [3.05, 3.63) is 107 Å². The fraction of sp³-hybridized carbons (Fsp3) is 0.185. The number of rotatable bonds is 4. The van der Waals surface area contributed by atoms with Crippen LogP contribution in [0.1, 0.15) is 51.0 Å². The van der Waals surface area contributed by atoms with Gasteiger partial charge in [-0.3, -0.25) is 4.99 Å². The first-order valence-electron chi connectivity index (χ1n) is 10.6. The van der Waals surface area contributed by atoms with Gasteiger partial charge in [0.15, 0.2) is 0 Å². The monoisotopic (exact) mass is 408 g/mol. The van der Waals surface area contributed by atoms with Crippen LogP contribution < -0.4 is 5.32 Å². The molecule has 0 spiro atoms. The minimum Gasteiger partial charge on any atom is -0.478 e. The summed E-state index contributed by atoms with van der Waals surface area (Å²) in [7, 11) is 0. The number of allylic oxidation sites excluding steroid dienone is 2. The summed E-state index contributed by atoms with van der Waals surface area (Å²) in [6, 6.07) is 22.1. The lowest BCUT2D eigenvalue weighted by Gasteiger charge is -2.37. The highest BCUT2D eigenvalue weighted by atomic mass is 16.4. The second-order valence-corrected chi connectivity index (χ2v) is 8.34. The number of carbonyl (C=O) groups is 1. The quantitative estimate of drug-likeness (QED) is 0.395. The Morgan fingerprint density at radius 2 is 1.84 bits per heavy atom. The second-order valence-electron chi connectivity index (χ2n) is 8.34. The zero-order valence-electron chi connectivity index (χ0n) is 17.3. The highest BCUT2D eigenvalue weighted by molar-refractivity contribution is 5.89. The molecule has 3 aromatic rings. The van der Waals surface area contributed by atoms with Gasteiger partial charge in [-0.1, -0.05) is 54.1 Å². The van der Waals surface area contributed by atoms with Crippen molar-refractivity contribution in [1.29, 1.82) is 0 Å². The van der Waals surface area contributed by atoms with Gasteiger partial charge in [-0.15, -0.1) is 0 Å². The molecule has 0 unspecified atom stereocenters. The molecule has 4 nitrogen and oxygen atoms in total. The molecular formula is C27H24N2O2. The maximum Gasteiger partial charge on any atom is 0.335 e. The van der Waals surface area contributed by atoms with E-state index in [9.17, 15) is 4.79 Å². The van der Waals surface area contributed by atoms with Crippen LogP contribution in [-0.2, 0) is 0 Å². The zero-order chi connectivity index (χ0) is 21.4. The SMILES string of the molecule is Cc1ccc2c(c1)[C@@H]1C=CC[C@H]1[C@H](c1ccc(N=Cc3ccc(C(=O)O)cc3)cc1)N2. The first-order valence-corrected chi connectivity index (χ1v) is 10.6. The molecule has 1 aliphatic carbocycles. The number of aliphatic imine (C=N–C) groups is 1. The summed E-state index contributed by atoms with van der Waals surface area (Å²) in [6.07, 6.45) is 7.53. The summed E-state index contributed by atoms with van der Waals surface area (Å²) in [4.78, 5) is 15.5. The molecule has 1 heterocycles. The van der Waals surface area contributed by atoms with Crippen molar-refractivity contribution in [3.8, 4) is 0 Å². The fourth-order valence-corrected chi connectivity index (χ4v) is 4.67. The lowest BCUT2D eigenvalue weighted by Crippen LogP contribution is -2.29. The summed E-state index contributed by atoms with van der Waals surface area (Å²) >= 11 is 0. The van der Waals surface area contributed by atoms with Gasteiger partial charge in [-0.25, -0.2) is 4.79 Å². The van der Waals surface area contributed by atoms with Gasteiger partial charge in [-0.2, -0.15) is 0 Å². The summed E-state index contributed by atoms with van der Waals surface area (Å²) in [6.45, 7) is 2.15. The minimum atomic E-state index is -0.923. The Balaban J connectivity index is 1.35. The first-order chi connectivity index (χ1) is 15.1. The van der Waals surface area contributed by atoms with Crippen LogP contribution in [0.5, 0.6) is 0 Å². The molecule has 0 radical (unpaired) electrons. The lowest BCUT2D eigenvalue weighted by molar-refractivity contribution is 0.0697. The molecule has 0 bridgehead atoms. The molecule has 5 rings (SSSR count). The van der Waals surface area contributed by atoms with Crippen LogP contribution in [0.2, 0.25) is 0 Å². The number of carboxylic acids is 1. The Morgan fingerprint density at radius 3 is 2.58 bits per heavy atom. The summed E-state index contributed by atoms with van der Waals surface area (Å²) in [5.41, 5.74) is 7.24. The molecule has 3 atom stereocenters. The summed E-state index contributed by atoms with van der Waals surface area (Å²) < 4.78 is 0. The number of benzene rings is 3. The molecule has 0 saturated heterocycles. The third-order valence-corrected chi connectivity index (χ3v) is 6.29. The molecule has 31 heavy (non-hydrogen) atoms. The molecule has 0 fully saturated rings. The van der Waals surface area contributed by atoms with Crippen molar-refractivity contribution < 1.29 is 9.90 Å². The van der Waals surface area contributed by atoms with Gasteiger partial charge < -0.3 is 10.4 Å². The van der Waals surface area contributed by atoms with E-state index in [1.54, 1.807) is 30.5 Å². The van der Waals surface area contributed by atoms with E-state index in [-0.39, 0.29) is 11.6 Å². The maximum atomic E-state index is 11.0. The number of hydrogen-bond acceptors (Lipinski definition) is 3. The van der Waals surface area contributed by atoms with Crippen molar-refractivity contribution in [3.63, 3.8) is 0 Å². The van der Waals surface area contributed by atoms with Crippen LogP contribution in [0.3, 0.4) is 0 Å². The van der Waals surface area contributed by atoms with Crippen LogP contribution in [-0.4, -0.2) is 17.3 Å². The summed E-state index contributed by atoms with van der Waals surface area (Å²) in [5.74, 6) is 0.0666. The van der Waals surface area contributed by atoms with Gasteiger partial charge in [-0.05, 0) is 66.3 Å². The number of hydrogen-bond donors (Lipinski definition) is 2. The van der Waals surface area contributed by atoms with Crippen molar-refractivity contribution in [2.75, 3.05) is 5.32 Å². The number of anilines is 1. The Labute approximate surface area is 182 Å². The topological polar surface area (TPSA) is 61.7 Å². The Bertz CT molecular complexity index is 1180. The van der Waals surface area contributed by atoms with E-state index >= 15 is 0 Å². The van der Waals surface area contributed by atoms with Gasteiger partial charge in [0.2, 0.25) is 0 Å². The van der Waals surface area contributed by atoms with Crippen LogP contribution in [0.15, 0.2) is 83.9 Å². The largest absolute Gasteiger partial charge is 0.478 e. The predicted molar refractivity (Wildman–Crippen MR) is 125 cm³/mol. The van der Waals surface area contributed by atoms with Crippen molar-refractivity contribution >= 4 is 23.6 Å². The number of aromatic carboxylic acids is 1. The number of carboxylic acid groups (broad SMARTS) is 1. The fourth-order valence-electron chi connectivity index (χ4n) is 4.67. The molecular weight excluding hydrogens is 384 g/mol. The standard InChI is InChI=1S/C27H24N2O2/c1-17-5-14-25-24(15-17)22-3-2-4-23(22)26(29-25)19-10-12-21(13-11-19)28-16-18-6-8-20(9-7-18)27(30)31/h2-3,5-16,22-23,26,29H,4H2,1H3,(H,30,31)/t22-,23-,26+/m1/s1. The van der Waals surface area contributed by atoms with E-state index in [1.807, 2.05) is 12.1 Å². The third-order valence-electron chi connectivity index (χ3n) is 6.29. The van der Waals surface area contributed by atoms with E-state index in [0.29, 0.717) is 11.8 Å². The third kappa shape index (κ3) is 3.77. The Morgan fingerprint density at radius 1 is 1.06 bits per heavy atom. The van der Waals surface area contributed by atoms with E-state index in [0.717, 1.165) is 17.7 Å². The first kappa shape index (κ1) is 19.3. The molecule has 4 heteroatoms. The predicted octanol–water partition coefficient (Wildman–Crippen LogP) is 6.27. The van der Waals surface area contributed by atoms with Gasteiger partial charge in [0, 0.05) is 17.8 Å². The van der Waals surface area contributed by atoms with E-state index < -0.39 is 5.97 Å². The number of aryl methyl sites for hydroxylation is 1.